The van der Waals surface area contributed by atoms with Crippen LogP contribution in [0.25, 0.3) is 0 Å². The number of alkyl halides is 3. The average Bonchev–Trinajstić information content (AvgIpc) is 2.76. The number of carbonyl (C=O) groups excluding carboxylic acids is 1. The zero-order valence-corrected chi connectivity index (χ0v) is 19.8. The number of nitrogens with one attached hydrogen (secondary N) is 2. The summed E-state index contributed by atoms with van der Waals surface area (Å²) in [6, 6.07) is 6.59. The van der Waals surface area contributed by atoms with Gasteiger partial charge >= 0.3 is 6.18 Å². The molecule has 3 aromatic rings. The summed E-state index contributed by atoms with van der Waals surface area (Å²) in [6.07, 6.45) is -3.84. The van der Waals surface area contributed by atoms with E-state index in [1.54, 1.807) is 6.92 Å². The first kappa shape index (κ1) is 26.8. The zero-order valence-electron chi connectivity index (χ0n) is 19.0. The van der Waals surface area contributed by atoms with Crippen LogP contribution in [0.5, 0.6) is 17.4 Å². The van der Waals surface area contributed by atoms with Crippen LogP contribution in [-0.4, -0.2) is 33.2 Å². The lowest BCUT2D eigenvalue weighted by Gasteiger charge is -2.16. The molecule has 1 heterocycles. The number of benzene rings is 2. The Morgan fingerprint density at radius 3 is 2.36 bits per heavy atom. The number of nitrogens with zero attached hydrogens (tertiary/aromatic N) is 2. The van der Waals surface area contributed by atoms with E-state index in [-0.39, 0.29) is 17.2 Å². The number of anilines is 1. The van der Waals surface area contributed by atoms with Crippen molar-refractivity contribution in [1.82, 2.24) is 10.2 Å². The molecular formula is C22H19F5N4O4S. The summed E-state index contributed by atoms with van der Waals surface area (Å²) in [5, 5.41) is 8.68. The molecule has 3 rings (SSSR count). The second kappa shape index (κ2) is 10.0. The third-order valence-electron chi connectivity index (χ3n) is 4.72. The Labute approximate surface area is 202 Å². The largest absolute Gasteiger partial charge is 0.491 e. The predicted molar refractivity (Wildman–Crippen MR) is 119 cm³/mol. The second-order valence-corrected chi connectivity index (χ2v) is 9.58. The van der Waals surface area contributed by atoms with Crippen LogP contribution >= 0.6 is 0 Å². The molecule has 0 bridgehead atoms. The van der Waals surface area contributed by atoms with Crippen LogP contribution in [-0.2, 0) is 15.9 Å². The third kappa shape index (κ3) is 5.87. The topological polar surface area (TPSA) is 114 Å². The molecule has 14 heteroatoms. The molecule has 1 atom stereocenters. The molecule has 2 aromatic carbocycles. The molecule has 1 aromatic heterocycles. The van der Waals surface area contributed by atoms with E-state index >= 15 is 0 Å². The van der Waals surface area contributed by atoms with Crippen molar-refractivity contribution in [3.63, 3.8) is 0 Å². The third-order valence-corrected chi connectivity index (χ3v) is 5.87. The average molecular weight is 530 g/mol. The van der Waals surface area contributed by atoms with E-state index in [0.717, 1.165) is 13.2 Å². The lowest BCUT2D eigenvalue weighted by atomic mass is 10.1. The van der Waals surface area contributed by atoms with Gasteiger partial charge in [-0.3, -0.25) is 4.79 Å². The van der Waals surface area contributed by atoms with E-state index in [9.17, 15) is 31.0 Å². The Morgan fingerprint density at radius 2 is 1.75 bits per heavy atom. The molecule has 1 unspecified atom stereocenters. The number of hydrogen-bond acceptors (Lipinski definition) is 7. The highest BCUT2D eigenvalue weighted by atomic mass is 32.2. The number of carbonyl (C=O) groups is 1. The molecular weight excluding hydrogens is 511 g/mol. The van der Waals surface area contributed by atoms with Gasteiger partial charge in [0.05, 0.1) is 16.3 Å². The van der Waals surface area contributed by atoms with E-state index in [0.29, 0.717) is 12.1 Å². The standard InChI is InChI=1S/C22H19F5N4O4S/c1-4-34-16-9-15(24)17(10-14(16)23)35-21-18(11(2)19(30-31-21)22(25,26)27)20(32)29-12-6-5-7-13(8-12)36(3,28)33/h5-10,28H,4H2,1-3H3,(H,29,32). The fourth-order valence-electron chi connectivity index (χ4n) is 3.08. The van der Waals surface area contributed by atoms with Gasteiger partial charge in [-0.05, 0) is 37.6 Å². The molecule has 2 N–H and O–H groups in total. The number of halogens is 5. The Balaban J connectivity index is 2.08. The highest BCUT2D eigenvalue weighted by molar-refractivity contribution is 7.91. The maximum Gasteiger partial charge on any atom is 0.435 e. The highest BCUT2D eigenvalue weighted by Gasteiger charge is 2.38. The monoisotopic (exact) mass is 530 g/mol. The van der Waals surface area contributed by atoms with Crippen LogP contribution < -0.4 is 14.8 Å². The summed E-state index contributed by atoms with van der Waals surface area (Å²) in [4.78, 5) is 13.1. The summed E-state index contributed by atoms with van der Waals surface area (Å²) < 4.78 is 98.8. The minimum Gasteiger partial charge on any atom is -0.491 e. The van der Waals surface area contributed by atoms with Gasteiger partial charge in [0.15, 0.2) is 28.8 Å². The van der Waals surface area contributed by atoms with Crippen molar-refractivity contribution in [3.05, 3.63) is 64.9 Å². The SMILES string of the molecule is CCOc1cc(F)c(Oc2nnc(C(F)(F)F)c(C)c2C(=O)Nc2cccc(S(C)(=N)=O)c2)cc1F. The van der Waals surface area contributed by atoms with Crippen molar-refractivity contribution in [2.24, 2.45) is 0 Å². The molecule has 0 spiro atoms. The van der Waals surface area contributed by atoms with Crippen molar-refractivity contribution in [2.75, 3.05) is 18.2 Å². The van der Waals surface area contributed by atoms with Gasteiger partial charge in [0.2, 0.25) is 0 Å². The van der Waals surface area contributed by atoms with Crippen LogP contribution in [0.4, 0.5) is 27.6 Å². The molecule has 192 valence electrons. The Kier molecular flexibility index (Phi) is 7.48. The smallest absolute Gasteiger partial charge is 0.435 e. The molecule has 0 aliphatic carbocycles. The van der Waals surface area contributed by atoms with E-state index in [2.05, 4.69) is 15.5 Å². The van der Waals surface area contributed by atoms with Gasteiger partial charge < -0.3 is 14.8 Å². The first-order valence-electron chi connectivity index (χ1n) is 10.1. The molecule has 0 saturated heterocycles. The summed E-state index contributed by atoms with van der Waals surface area (Å²) in [5.74, 6) is -5.33. The zero-order chi connectivity index (χ0) is 26.8. The van der Waals surface area contributed by atoms with Crippen LogP contribution in [0.15, 0.2) is 41.3 Å². The highest BCUT2D eigenvalue weighted by Crippen LogP contribution is 2.36. The van der Waals surface area contributed by atoms with Crippen LogP contribution in [0.3, 0.4) is 0 Å². The first-order chi connectivity index (χ1) is 16.7. The van der Waals surface area contributed by atoms with Gasteiger partial charge in [0, 0.05) is 29.0 Å². The van der Waals surface area contributed by atoms with Crippen molar-refractivity contribution >= 4 is 21.3 Å². The van der Waals surface area contributed by atoms with Gasteiger partial charge in [-0.25, -0.2) is 17.8 Å². The van der Waals surface area contributed by atoms with Crippen molar-refractivity contribution in [3.8, 4) is 17.4 Å². The van der Waals surface area contributed by atoms with E-state index < -0.39 is 67.6 Å². The number of rotatable bonds is 7. The maximum absolute atomic E-state index is 14.5. The van der Waals surface area contributed by atoms with Gasteiger partial charge in [0.25, 0.3) is 11.8 Å². The first-order valence-corrected chi connectivity index (χ1v) is 12.1. The van der Waals surface area contributed by atoms with Gasteiger partial charge in [-0.2, -0.15) is 13.2 Å². The van der Waals surface area contributed by atoms with Gasteiger partial charge in [-0.15, -0.1) is 10.2 Å². The fraction of sp³-hybridized carbons (Fsp3) is 0.227. The predicted octanol–water partition coefficient (Wildman–Crippen LogP) is 5.56. The molecule has 0 radical (unpaired) electrons. The van der Waals surface area contributed by atoms with E-state index in [1.807, 2.05) is 0 Å². The minimum absolute atomic E-state index is 0.00772. The van der Waals surface area contributed by atoms with Crippen molar-refractivity contribution < 1.29 is 40.4 Å². The number of ether oxygens (including phenoxy) is 2. The molecule has 8 nitrogen and oxygen atoms in total. The van der Waals surface area contributed by atoms with E-state index in [1.165, 1.54) is 24.3 Å². The normalized spacial score (nSPS) is 13.1. The lowest BCUT2D eigenvalue weighted by molar-refractivity contribution is -0.142. The molecule has 0 aliphatic heterocycles. The van der Waals surface area contributed by atoms with Crippen molar-refractivity contribution in [2.45, 2.75) is 24.9 Å². The Bertz CT molecular complexity index is 1430. The fourth-order valence-corrected chi connectivity index (χ4v) is 3.77. The van der Waals surface area contributed by atoms with E-state index in [4.69, 9.17) is 14.3 Å². The summed E-state index contributed by atoms with van der Waals surface area (Å²) in [7, 11) is -3.16. The lowest BCUT2D eigenvalue weighted by Crippen LogP contribution is -2.21. The second-order valence-electron chi connectivity index (χ2n) is 7.43. The van der Waals surface area contributed by atoms with Crippen LogP contribution in [0.1, 0.15) is 28.5 Å². The minimum atomic E-state index is -4.99. The molecule has 0 saturated carbocycles. The Morgan fingerprint density at radius 1 is 1.11 bits per heavy atom. The Hall–Kier alpha value is -3.81. The number of amides is 1. The van der Waals surface area contributed by atoms with Crippen molar-refractivity contribution in [1.29, 1.82) is 4.78 Å². The quantitative estimate of drug-likeness (QED) is 0.387. The molecule has 0 aliphatic rings. The molecule has 0 fully saturated rings. The molecule has 36 heavy (non-hydrogen) atoms. The molecule has 1 amide bonds. The summed E-state index contributed by atoms with van der Waals surface area (Å²) >= 11 is 0. The van der Waals surface area contributed by atoms with Crippen LogP contribution in [0, 0.1) is 23.3 Å². The maximum atomic E-state index is 14.5. The summed E-state index contributed by atoms with van der Waals surface area (Å²) in [5.41, 5.74) is -2.92. The number of hydrogen-bond donors (Lipinski definition) is 2. The summed E-state index contributed by atoms with van der Waals surface area (Å²) in [6.45, 7) is 2.53. The van der Waals surface area contributed by atoms with Crippen LogP contribution in [0.2, 0.25) is 0 Å². The van der Waals surface area contributed by atoms with Gasteiger partial charge in [-0.1, -0.05) is 6.07 Å². The number of aromatic nitrogens is 2. The van der Waals surface area contributed by atoms with Gasteiger partial charge in [0.1, 0.15) is 5.56 Å².